The van der Waals surface area contributed by atoms with Gasteiger partial charge in [-0.1, -0.05) is 23.8 Å². The Labute approximate surface area is 110 Å². The first-order valence-corrected chi connectivity index (χ1v) is 5.84. The Morgan fingerprint density at radius 3 is 2.32 bits per heavy atom. The van der Waals surface area contributed by atoms with Gasteiger partial charge in [-0.25, -0.2) is 0 Å². The van der Waals surface area contributed by atoms with Crippen LogP contribution in [-0.4, -0.2) is 11.2 Å². The lowest BCUT2D eigenvalue weighted by atomic mass is 9.95. The van der Waals surface area contributed by atoms with Crippen molar-refractivity contribution in [3.63, 3.8) is 0 Å². The van der Waals surface area contributed by atoms with Crippen LogP contribution in [0.5, 0.6) is 0 Å². The number of rotatable bonds is 3. The SMILES string of the molecule is Cc1ccc(-c2ccc([N+](=O)[O-])cc2C=O)c(C)c1. The van der Waals surface area contributed by atoms with E-state index in [-0.39, 0.29) is 5.69 Å². The van der Waals surface area contributed by atoms with E-state index in [4.69, 9.17) is 0 Å². The minimum atomic E-state index is -0.501. The van der Waals surface area contributed by atoms with Gasteiger partial charge in [0.2, 0.25) is 0 Å². The molecule has 96 valence electrons. The summed E-state index contributed by atoms with van der Waals surface area (Å²) in [6.45, 7) is 3.95. The molecule has 0 saturated heterocycles. The molecular weight excluding hydrogens is 242 g/mol. The van der Waals surface area contributed by atoms with Gasteiger partial charge in [0.25, 0.3) is 5.69 Å². The van der Waals surface area contributed by atoms with Crippen molar-refractivity contribution in [3.05, 3.63) is 63.2 Å². The number of nitro groups is 1. The van der Waals surface area contributed by atoms with Crippen molar-refractivity contribution in [1.82, 2.24) is 0 Å². The fourth-order valence-electron chi connectivity index (χ4n) is 2.12. The zero-order valence-electron chi connectivity index (χ0n) is 10.7. The molecule has 19 heavy (non-hydrogen) atoms. The molecule has 0 aromatic heterocycles. The van der Waals surface area contributed by atoms with Crippen molar-refractivity contribution in [2.24, 2.45) is 0 Å². The number of non-ortho nitro benzene ring substituents is 1. The van der Waals surface area contributed by atoms with Crippen LogP contribution < -0.4 is 0 Å². The molecular formula is C15H13NO3. The average Bonchev–Trinajstić information content (AvgIpc) is 2.38. The monoisotopic (exact) mass is 255 g/mol. The number of nitrogens with zero attached hydrogens (tertiary/aromatic N) is 1. The fourth-order valence-corrected chi connectivity index (χ4v) is 2.12. The van der Waals surface area contributed by atoms with Crippen LogP contribution in [0.3, 0.4) is 0 Å². The third-order valence-corrected chi connectivity index (χ3v) is 3.05. The summed E-state index contributed by atoms with van der Waals surface area (Å²) in [5.74, 6) is 0. The van der Waals surface area contributed by atoms with Gasteiger partial charge in [-0.3, -0.25) is 14.9 Å². The van der Waals surface area contributed by atoms with Gasteiger partial charge in [0.1, 0.15) is 0 Å². The first-order valence-electron chi connectivity index (χ1n) is 5.84. The molecule has 0 aliphatic carbocycles. The molecule has 0 saturated carbocycles. The molecule has 0 unspecified atom stereocenters. The molecule has 0 radical (unpaired) electrons. The van der Waals surface area contributed by atoms with E-state index in [9.17, 15) is 14.9 Å². The van der Waals surface area contributed by atoms with E-state index in [1.165, 1.54) is 12.1 Å². The highest BCUT2D eigenvalue weighted by molar-refractivity contribution is 5.89. The average molecular weight is 255 g/mol. The summed E-state index contributed by atoms with van der Waals surface area (Å²) >= 11 is 0. The predicted molar refractivity (Wildman–Crippen MR) is 73.4 cm³/mol. The molecule has 2 aromatic carbocycles. The zero-order valence-corrected chi connectivity index (χ0v) is 10.7. The van der Waals surface area contributed by atoms with Crippen LogP contribution in [0.2, 0.25) is 0 Å². The molecule has 4 nitrogen and oxygen atoms in total. The largest absolute Gasteiger partial charge is 0.298 e. The Hall–Kier alpha value is -2.49. The lowest BCUT2D eigenvalue weighted by Crippen LogP contribution is -1.94. The summed E-state index contributed by atoms with van der Waals surface area (Å²) in [6.07, 6.45) is 0.654. The molecule has 0 aliphatic heterocycles. The van der Waals surface area contributed by atoms with Crippen LogP contribution in [0.4, 0.5) is 5.69 Å². The van der Waals surface area contributed by atoms with Gasteiger partial charge in [-0.15, -0.1) is 0 Å². The quantitative estimate of drug-likeness (QED) is 0.477. The van der Waals surface area contributed by atoms with Gasteiger partial charge in [0, 0.05) is 17.7 Å². The molecule has 0 fully saturated rings. The summed E-state index contributed by atoms with van der Waals surface area (Å²) in [6, 6.07) is 10.3. The summed E-state index contributed by atoms with van der Waals surface area (Å²) < 4.78 is 0. The second-order valence-electron chi connectivity index (χ2n) is 4.46. The number of benzene rings is 2. The number of aldehydes is 1. The summed E-state index contributed by atoms with van der Waals surface area (Å²) in [4.78, 5) is 21.3. The van der Waals surface area contributed by atoms with Crippen LogP contribution in [0.15, 0.2) is 36.4 Å². The van der Waals surface area contributed by atoms with Gasteiger partial charge in [-0.05, 0) is 36.6 Å². The zero-order chi connectivity index (χ0) is 14.0. The first kappa shape index (κ1) is 13.0. The van der Waals surface area contributed by atoms with Crippen molar-refractivity contribution in [2.75, 3.05) is 0 Å². The second-order valence-corrected chi connectivity index (χ2v) is 4.46. The van der Waals surface area contributed by atoms with E-state index in [2.05, 4.69) is 0 Å². The van der Waals surface area contributed by atoms with Crippen LogP contribution in [0, 0.1) is 24.0 Å². The van der Waals surface area contributed by atoms with Crippen molar-refractivity contribution < 1.29 is 9.72 Å². The molecule has 0 heterocycles. The lowest BCUT2D eigenvalue weighted by Gasteiger charge is -2.09. The van der Waals surface area contributed by atoms with Gasteiger partial charge in [0.05, 0.1) is 4.92 Å². The number of carbonyl (C=O) groups excluding carboxylic acids is 1. The Bertz CT molecular complexity index is 662. The fraction of sp³-hybridized carbons (Fsp3) is 0.133. The molecule has 0 spiro atoms. The van der Waals surface area contributed by atoms with Gasteiger partial charge < -0.3 is 0 Å². The Kier molecular flexibility index (Phi) is 3.42. The van der Waals surface area contributed by atoms with Gasteiger partial charge >= 0.3 is 0 Å². The second kappa shape index (κ2) is 5.02. The Morgan fingerprint density at radius 1 is 1.05 bits per heavy atom. The number of nitro benzene ring substituents is 1. The summed E-state index contributed by atoms with van der Waals surface area (Å²) in [5, 5.41) is 10.7. The highest BCUT2D eigenvalue weighted by atomic mass is 16.6. The molecule has 2 rings (SSSR count). The molecule has 0 aliphatic rings. The molecule has 2 aromatic rings. The minimum absolute atomic E-state index is 0.0735. The van der Waals surface area contributed by atoms with E-state index in [0.29, 0.717) is 11.8 Å². The summed E-state index contributed by atoms with van der Waals surface area (Å²) in [5.41, 5.74) is 4.07. The highest BCUT2D eigenvalue weighted by Gasteiger charge is 2.12. The third kappa shape index (κ3) is 2.52. The Morgan fingerprint density at radius 2 is 1.74 bits per heavy atom. The molecule has 4 heteroatoms. The third-order valence-electron chi connectivity index (χ3n) is 3.05. The van der Waals surface area contributed by atoms with Crippen LogP contribution in [-0.2, 0) is 0 Å². The maximum absolute atomic E-state index is 11.1. The van der Waals surface area contributed by atoms with Gasteiger partial charge in [-0.2, -0.15) is 0 Å². The lowest BCUT2D eigenvalue weighted by molar-refractivity contribution is -0.384. The normalized spacial score (nSPS) is 10.2. The molecule has 0 atom stereocenters. The number of hydrogen-bond donors (Lipinski definition) is 0. The van der Waals surface area contributed by atoms with Crippen LogP contribution >= 0.6 is 0 Å². The van der Waals surface area contributed by atoms with E-state index in [1.54, 1.807) is 6.07 Å². The van der Waals surface area contributed by atoms with Crippen molar-refractivity contribution in [2.45, 2.75) is 13.8 Å². The maximum Gasteiger partial charge on any atom is 0.270 e. The topological polar surface area (TPSA) is 60.2 Å². The van der Waals surface area contributed by atoms with E-state index in [0.717, 1.165) is 22.3 Å². The maximum atomic E-state index is 11.1. The molecule has 0 N–H and O–H groups in total. The van der Waals surface area contributed by atoms with Crippen LogP contribution in [0.1, 0.15) is 21.5 Å². The van der Waals surface area contributed by atoms with Crippen molar-refractivity contribution >= 4 is 12.0 Å². The molecule has 0 bridgehead atoms. The van der Waals surface area contributed by atoms with Crippen molar-refractivity contribution in [1.29, 1.82) is 0 Å². The van der Waals surface area contributed by atoms with E-state index >= 15 is 0 Å². The molecule has 0 amide bonds. The Balaban J connectivity index is 2.62. The standard InChI is InChI=1S/C15H13NO3/c1-10-3-5-14(11(2)7-10)15-6-4-13(16(18)19)8-12(15)9-17/h3-9H,1-2H3. The highest BCUT2D eigenvalue weighted by Crippen LogP contribution is 2.29. The predicted octanol–water partition coefficient (Wildman–Crippen LogP) is 3.69. The van der Waals surface area contributed by atoms with E-state index in [1.807, 2.05) is 32.0 Å². The number of hydrogen-bond acceptors (Lipinski definition) is 3. The smallest absolute Gasteiger partial charge is 0.270 e. The first-order chi connectivity index (χ1) is 9.02. The van der Waals surface area contributed by atoms with E-state index < -0.39 is 4.92 Å². The number of carbonyl (C=O) groups is 1. The summed E-state index contributed by atoms with van der Waals surface area (Å²) in [7, 11) is 0. The van der Waals surface area contributed by atoms with Gasteiger partial charge in [0.15, 0.2) is 6.29 Å². The van der Waals surface area contributed by atoms with Crippen molar-refractivity contribution in [3.8, 4) is 11.1 Å². The number of aryl methyl sites for hydroxylation is 2. The minimum Gasteiger partial charge on any atom is -0.298 e. The van der Waals surface area contributed by atoms with Crippen LogP contribution in [0.25, 0.3) is 11.1 Å².